The van der Waals surface area contributed by atoms with E-state index in [0.717, 1.165) is 31.7 Å². The first-order chi connectivity index (χ1) is 12.0. The van der Waals surface area contributed by atoms with Gasteiger partial charge in [0.15, 0.2) is 0 Å². The lowest BCUT2D eigenvalue weighted by Gasteiger charge is -2.28. The molecule has 0 saturated carbocycles. The molecule has 0 radical (unpaired) electrons. The van der Waals surface area contributed by atoms with Gasteiger partial charge in [0.05, 0.1) is 0 Å². The van der Waals surface area contributed by atoms with E-state index in [9.17, 15) is 9.59 Å². The number of nitrogens with one attached hydrogen (secondary N) is 2. The Morgan fingerprint density at radius 2 is 1.72 bits per heavy atom. The van der Waals surface area contributed by atoms with Crippen molar-refractivity contribution in [2.75, 3.05) is 50.5 Å². The van der Waals surface area contributed by atoms with Crippen molar-refractivity contribution in [1.82, 2.24) is 10.2 Å². The Morgan fingerprint density at radius 1 is 1.04 bits per heavy atom. The van der Waals surface area contributed by atoms with Crippen molar-refractivity contribution in [2.45, 2.75) is 32.1 Å². The zero-order valence-corrected chi connectivity index (χ0v) is 15.4. The number of hydrogen-bond acceptors (Lipinski definition) is 4. The third kappa shape index (κ3) is 7.13. The van der Waals surface area contributed by atoms with Crippen LogP contribution in [0.2, 0.25) is 0 Å². The minimum Gasteiger partial charge on any atom is -0.372 e. The van der Waals surface area contributed by atoms with Gasteiger partial charge in [0.2, 0.25) is 11.8 Å². The number of carbonyl (C=O) groups excluding carboxylic acids is 2. The van der Waals surface area contributed by atoms with E-state index in [-0.39, 0.29) is 18.2 Å². The van der Waals surface area contributed by atoms with Gasteiger partial charge in [-0.15, -0.1) is 0 Å². The molecule has 1 aromatic rings. The SMILES string of the molecule is CN(C)CCCNC(=O)CC(=O)Nc1ccc(N2CCCCC2)cc1. The lowest BCUT2D eigenvalue weighted by molar-refractivity contribution is -0.126. The highest BCUT2D eigenvalue weighted by Crippen LogP contribution is 2.21. The van der Waals surface area contributed by atoms with Gasteiger partial charge in [0, 0.05) is 31.0 Å². The summed E-state index contributed by atoms with van der Waals surface area (Å²) >= 11 is 0. The summed E-state index contributed by atoms with van der Waals surface area (Å²) in [7, 11) is 3.98. The number of benzene rings is 1. The fourth-order valence-corrected chi connectivity index (χ4v) is 2.94. The molecule has 1 heterocycles. The predicted molar refractivity (Wildman–Crippen MR) is 102 cm³/mol. The molecule has 1 aromatic carbocycles. The first-order valence-corrected chi connectivity index (χ1v) is 9.11. The summed E-state index contributed by atoms with van der Waals surface area (Å²) in [6.07, 6.45) is 4.51. The highest BCUT2D eigenvalue weighted by Gasteiger charge is 2.12. The van der Waals surface area contributed by atoms with Crippen molar-refractivity contribution >= 4 is 23.2 Å². The lowest BCUT2D eigenvalue weighted by Crippen LogP contribution is -2.30. The molecule has 138 valence electrons. The Balaban J connectivity index is 1.71. The minimum absolute atomic E-state index is 0.143. The first kappa shape index (κ1) is 19.2. The molecular formula is C19H30N4O2. The van der Waals surface area contributed by atoms with E-state index in [2.05, 4.69) is 20.4 Å². The van der Waals surface area contributed by atoms with Crippen LogP contribution in [0, 0.1) is 0 Å². The smallest absolute Gasteiger partial charge is 0.233 e. The van der Waals surface area contributed by atoms with Gasteiger partial charge >= 0.3 is 0 Å². The third-order valence-electron chi connectivity index (χ3n) is 4.30. The molecule has 0 spiro atoms. The fourth-order valence-electron chi connectivity index (χ4n) is 2.94. The minimum atomic E-state index is -0.282. The van der Waals surface area contributed by atoms with Gasteiger partial charge < -0.3 is 20.4 Å². The zero-order chi connectivity index (χ0) is 18.1. The van der Waals surface area contributed by atoms with Crippen LogP contribution in [0.4, 0.5) is 11.4 Å². The van der Waals surface area contributed by atoms with Crippen molar-refractivity contribution in [3.8, 4) is 0 Å². The molecule has 0 aromatic heterocycles. The van der Waals surface area contributed by atoms with Crippen LogP contribution in [0.1, 0.15) is 32.1 Å². The Morgan fingerprint density at radius 3 is 2.36 bits per heavy atom. The molecule has 1 fully saturated rings. The van der Waals surface area contributed by atoms with Gasteiger partial charge in [-0.3, -0.25) is 9.59 Å². The average molecular weight is 346 g/mol. The molecule has 0 bridgehead atoms. The van der Waals surface area contributed by atoms with Gasteiger partial charge in [-0.2, -0.15) is 0 Å². The quantitative estimate of drug-likeness (QED) is 0.559. The summed E-state index contributed by atoms with van der Waals surface area (Å²) in [5.74, 6) is -0.517. The maximum atomic E-state index is 12.0. The topological polar surface area (TPSA) is 64.7 Å². The van der Waals surface area contributed by atoms with Crippen LogP contribution in [0.3, 0.4) is 0 Å². The van der Waals surface area contributed by atoms with Crippen LogP contribution in [0.15, 0.2) is 24.3 Å². The zero-order valence-electron chi connectivity index (χ0n) is 15.4. The summed E-state index contributed by atoms with van der Waals surface area (Å²) in [6, 6.07) is 7.86. The van der Waals surface area contributed by atoms with Crippen LogP contribution < -0.4 is 15.5 Å². The fraction of sp³-hybridized carbons (Fsp3) is 0.579. The molecule has 0 unspecified atom stereocenters. The number of anilines is 2. The summed E-state index contributed by atoms with van der Waals surface area (Å²) in [4.78, 5) is 28.1. The Kier molecular flexibility index (Phi) is 7.73. The average Bonchev–Trinajstić information content (AvgIpc) is 2.60. The van der Waals surface area contributed by atoms with E-state index in [4.69, 9.17) is 0 Å². The molecule has 0 atom stereocenters. The van der Waals surface area contributed by atoms with Gasteiger partial charge in [-0.05, 0) is 70.6 Å². The van der Waals surface area contributed by atoms with E-state index in [1.54, 1.807) is 0 Å². The summed E-state index contributed by atoms with van der Waals surface area (Å²) < 4.78 is 0. The second-order valence-corrected chi connectivity index (χ2v) is 6.83. The van der Waals surface area contributed by atoms with Crippen LogP contribution in [0.25, 0.3) is 0 Å². The Labute approximate surface area is 150 Å². The monoisotopic (exact) mass is 346 g/mol. The number of piperidine rings is 1. The van der Waals surface area contributed by atoms with Crippen LogP contribution in [0.5, 0.6) is 0 Å². The largest absolute Gasteiger partial charge is 0.372 e. The normalized spacial score (nSPS) is 14.4. The van der Waals surface area contributed by atoms with Crippen LogP contribution in [-0.4, -0.2) is 57.0 Å². The van der Waals surface area contributed by atoms with Crippen molar-refractivity contribution in [3.63, 3.8) is 0 Å². The molecule has 0 aliphatic carbocycles. The van der Waals surface area contributed by atoms with Crippen LogP contribution >= 0.6 is 0 Å². The number of carbonyl (C=O) groups is 2. The van der Waals surface area contributed by atoms with Crippen molar-refractivity contribution in [1.29, 1.82) is 0 Å². The number of rotatable bonds is 8. The summed E-state index contributed by atoms with van der Waals surface area (Å²) in [6.45, 7) is 3.70. The van der Waals surface area contributed by atoms with Gasteiger partial charge in [-0.25, -0.2) is 0 Å². The van der Waals surface area contributed by atoms with E-state index in [1.165, 1.54) is 24.9 Å². The lowest BCUT2D eigenvalue weighted by atomic mass is 10.1. The van der Waals surface area contributed by atoms with E-state index in [0.29, 0.717) is 6.54 Å². The standard InChI is InChI=1S/C19H30N4O2/c1-22(2)12-6-11-20-18(24)15-19(25)21-16-7-9-17(10-8-16)23-13-4-3-5-14-23/h7-10H,3-6,11-15H2,1-2H3,(H,20,24)(H,21,25). The Hall–Kier alpha value is -2.08. The molecule has 25 heavy (non-hydrogen) atoms. The molecule has 1 aliphatic heterocycles. The number of amides is 2. The summed E-state index contributed by atoms with van der Waals surface area (Å²) in [5.41, 5.74) is 1.92. The molecule has 2 amide bonds. The molecular weight excluding hydrogens is 316 g/mol. The van der Waals surface area contributed by atoms with Crippen molar-refractivity contribution in [3.05, 3.63) is 24.3 Å². The predicted octanol–water partition coefficient (Wildman–Crippen LogP) is 2.07. The van der Waals surface area contributed by atoms with E-state index >= 15 is 0 Å². The number of hydrogen-bond donors (Lipinski definition) is 2. The third-order valence-corrected chi connectivity index (χ3v) is 4.30. The van der Waals surface area contributed by atoms with E-state index in [1.807, 2.05) is 38.4 Å². The van der Waals surface area contributed by atoms with Crippen LogP contribution in [-0.2, 0) is 9.59 Å². The first-order valence-electron chi connectivity index (χ1n) is 9.11. The highest BCUT2D eigenvalue weighted by molar-refractivity contribution is 6.03. The second kappa shape index (κ2) is 10.0. The second-order valence-electron chi connectivity index (χ2n) is 6.83. The van der Waals surface area contributed by atoms with Gasteiger partial charge in [0.1, 0.15) is 6.42 Å². The molecule has 2 N–H and O–H groups in total. The molecule has 1 saturated heterocycles. The summed E-state index contributed by atoms with van der Waals surface area (Å²) in [5, 5.41) is 5.56. The highest BCUT2D eigenvalue weighted by atomic mass is 16.2. The molecule has 1 aliphatic rings. The van der Waals surface area contributed by atoms with Crippen molar-refractivity contribution in [2.24, 2.45) is 0 Å². The maximum Gasteiger partial charge on any atom is 0.233 e. The van der Waals surface area contributed by atoms with E-state index < -0.39 is 0 Å². The van der Waals surface area contributed by atoms with Gasteiger partial charge in [0.25, 0.3) is 0 Å². The Bertz CT molecular complexity index is 551. The molecule has 6 heteroatoms. The van der Waals surface area contributed by atoms with Crippen molar-refractivity contribution < 1.29 is 9.59 Å². The number of nitrogens with zero attached hydrogens (tertiary/aromatic N) is 2. The molecule has 2 rings (SSSR count). The maximum absolute atomic E-state index is 12.0. The molecule has 6 nitrogen and oxygen atoms in total. The van der Waals surface area contributed by atoms with Gasteiger partial charge in [-0.1, -0.05) is 0 Å².